The van der Waals surface area contributed by atoms with Crippen LogP contribution in [0, 0.1) is 11.3 Å². The molecule has 2 fully saturated rings. The van der Waals surface area contributed by atoms with Crippen LogP contribution in [-0.2, 0) is 0 Å². The summed E-state index contributed by atoms with van der Waals surface area (Å²) in [5.41, 5.74) is 0. The van der Waals surface area contributed by atoms with Crippen LogP contribution in [-0.4, -0.2) is 29.6 Å². The molecule has 0 heterocycles. The molecule has 0 aliphatic heterocycles. The Morgan fingerprint density at radius 1 is 1.40 bits per heavy atom. The summed E-state index contributed by atoms with van der Waals surface area (Å²) >= 11 is 0. The molecule has 0 aromatic rings. The number of hydrogen-bond donors (Lipinski definition) is 1. The van der Waals surface area contributed by atoms with Crippen molar-refractivity contribution in [1.29, 1.82) is 5.26 Å². The van der Waals surface area contributed by atoms with Crippen LogP contribution in [0.25, 0.3) is 0 Å². The van der Waals surface area contributed by atoms with E-state index in [2.05, 4.69) is 11.4 Å². The molecule has 2 aliphatic carbocycles. The lowest BCUT2D eigenvalue weighted by atomic mass is 9.93. The summed E-state index contributed by atoms with van der Waals surface area (Å²) in [6.07, 6.45) is 6.10. The number of nitrogens with one attached hydrogen (secondary N) is 1. The predicted octanol–water partition coefficient (Wildman–Crippen LogP) is 1.63. The lowest BCUT2D eigenvalue weighted by Crippen LogP contribution is -2.48. The molecule has 4 nitrogen and oxygen atoms in total. The Bertz CT molecular complexity index is 276. The first-order valence-corrected chi connectivity index (χ1v) is 5.75. The van der Waals surface area contributed by atoms with Crippen LogP contribution in [0.1, 0.15) is 38.5 Å². The summed E-state index contributed by atoms with van der Waals surface area (Å²) in [6.45, 7) is 0.583. The van der Waals surface area contributed by atoms with Crippen LogP contribution >= 0.6 is 0 Å². The zero-order chi connectivity index (χ0) is 10.7. The highest BCUT2D eigenvalue weighted by Crippen LogP contribution is 2.27. The monoisotopic (exact) mass is 207 g/mol. The SMILES string of the molecule is N#CCCN(C(=O)NC1CCC1)C1CC1. The Morgan fingerprint density at radius 3 is 2.60 bits per heavy atom. The number of nitrogens with zero attached hydrogens (tertiary/aromatic N) is 2. The summed E-state index contributed by atoms with van der Waals surface area (Å²) in [5.74, 6) is 0. The Kier molecular flexibility index (Phi) is 3.10. The third-order valence-electron chi connectivity index (χ3n) is 3.15. The maximum atomic E-state index is 11.8. The number of urea groups is 1. The van der Waals surface area contributed by atoms with Gasteiger partial charge < -0.3 is 10.2 Å². The molecule has 1 N–H and O–H groups in total. The molecule has 2 aliphatic rings. The van der Waals surface area contributed by atoms with Gasteiger partial charge in [0, 0.05) is 18.6 Å². The topological polar surface area (TPSA) is 56.1 Å². The molecule has 0 spiro atoms. The van der Waals surface area contributed by atoms with Crippen LogP contribution in [0.15, 0.2) is 0 Å². The second-order valence-corrected chi connectivity index (χ2v) is 4.41. The number of amides is 2. The molecular weight excluding hydrogens is 190 g/mol. The van der Waals surface area contributed by atoms with Gasteiger partial charge in [-0.1, -0.05) is 0 Å². The van der Waals surface area contributed by atoms with Crippen molar-refractivity contribution in [3.05, 3.63) is 0 Å². The Labute approximate surface area is 90.2 Å². The minimum absolute atomic E-state index is 0.0393. The zero-order valence-corrected chi connectivity index (χ0v) is 8.91. The van der Waals surface area contributed by atoms with Crippen molar-refractivity contribution in [1.82, 2.24) is 10.2 Å². The van der Waals surface area contributed by atoms with Crippen molar-refractivity contribution >= 4 is 6.03 Å². The molecule has 2 saturated carbocycles. The highest BCUT2D eigenvalue weighted by molar-refractivity contribution is 5.75. The van der Waals surface area contributed by atoms with Crippen LogP contribution in [0.4, 0.5) is 4.79 Å². The van der Waals surface area contributed by atoms with E-state index in [1.807, 2.05) is 4.90 Å². The lowest BCUT2D eigenvalue weighted by Gasteiger charge is -2.30. The lowest BCUT2D eigenvalue weighted by molar-refractivity contribution is 0.184. The quantitative estimate of drug-likeness (QED) is 0.761. The van der Waals surface area contributed by atoms with E-state index in [0.29, 0.717) is 25.0 Å². The van der Waals surface area contributed by atoms with Gasteiger partial charge in [-0.2, -0.15) is 5.26 Å². The van der Waals surface area contributed by atoms with Crippen LogP contribution in [0.2, 0.25) is 0 Å². The molecule has 2 rings (SSSR count). The van der Waals surface area contributed by atoms with Crippen molar-refractivity contribution in [2.75, 3.05) is 6.54 Å². The maximum Gasteiger partial charge on any atom is 0.317 e. The maximum absolute atomic E-state index is 11.8. The van der Waals surface area contributed by atoms with Gasteiger partial charge in [0.15, 0.2) is 0 Å². The summed E-state index contributed by atoms with van der Waals surface area (Å²) in [7, 11) is 0. The smallest absolute Gasteiger partial charge is 0.317 e. The van der Waals surface area contributed by atoms with Gasteiger partial charge in [-0.25, -0.2) is 4.79 Å². The van der Waals surface area contributed by atoms with Gasteiger partial charge in [0.25, 0.3) is 0 Å². The van der Waals surface area contributed by atoms with Gasteiger partial charge in [0.2, 0.25) is 0 Å². The predicted molar refractivity (Wildman–Crippen MR) is 56.1 cm³/mol. The summed E-state index contributed by atoms with van der Waals surface area (Å²) in [5, 5.41) is 11.6. The largest absolute Gasteiger partial charge is 0.335 e. The molecule has 0 saturated heterocycles. The van der Waals surface area contributed by atoms with E-state index in [4.69, 9.17) is 5.26 Å². The molecule has 2 amide bonds. The van der Waals surface area contributed by atoms with Crippen molar-refractivity contribution in [3.8, 4) is 6.07 Å². The van der Waals surface area contributed by atoms with E-state index in [1.165, 1.54) is 6.42 Å². The second-order valence-electron chi connectivity index (χ2n) is 4.41. The summed E-state index contributed by atoms with van der Waals surface area (Å²) < 4.78 is 0. The number of nitriles is 1. The van der Waals surface area contributed by atoms with Crippen LogP contribution in [0.5, 0.6) is 0 Å². The summed E-state index contributed by atoms with van der Waals surface area (Å²) in [4.78, 5) is 13.7. The Balaban J connectivity index is 1.80. The number of carbonyl (C=O) groups is 1. The molecule has 0 aromatic heterocycles. The van der Waals surface area contributed by atoms with Gasteiger partial charge in [0.1, 0.15) is 0 Å². The minimum Gasteiger partial charge on any atom is -0.335 e. The fourth-order valence-corrected chi connectivity index (χ4v) is 1.82. The van der Waals surface area contributed by atoms with Crippen molar-refractivity contribution < 1.29 is 4.79 Å². The first-order chi connectivity index (χ1) is 7.31. The molecule has 0 unspecified atom stereocenters. The van der Waals surface area contributed by atoms with Crippen molar-refractivity contribution in [2.24, 2.45) is 0 Å². The summed E-state index contributed by atoms with van der Waals surface area (Å²) in [6, 6.07) is 2.93. The van der Waals surface area contributed by atoms with Gasteiger partial charge in [-0.3, -0.25) is 0 Å². The molecule has 0 bridgehead atoms. The Morgan fingerprint density at radius 2 is 2.13 bits per heavy atom. The number of hydrogen-bond acceptors (Lipinski definition) is 2. The van der Waals surface area contributed by atoms with Crippen molar-refractivity contribution in [2.45, 2.75) is 50.6 Å². The first-order valence-electron chi connectivity index (χ1n) is 5.75. The van der Waals surface area contributed by atoms with E-state index in [0.717, 1.165) is 25.7 Å². The van der Waals surface area contributed by atoms with Crippen LogP contribution in [0.3, 0.4) is 0 Å². The normalized spacial score (nSPS) is 20.2. The van der Waals surface area contributed by atoms with E-state index in [-0.39, 0.29) is 6.03 Å². The third-order valence-corrected chi connectivity index (χ3v) is 3.15. The van der Waals surface area contributed by atoms with Gasteiger partial charge in [-0.05, 0) is 32.1 Å². The fourth-order valence-electron chi connectivity index (χ4n) is 1.82. The van der Waals surface area contributed by atoms with Gasteiger partial charge in [-0.15, -0.1) is 0 Å². The molecule has 82 valence electrons. The standard InChI is InChI=1S/C11H17N3O/c12-7-2-8-14(10-5-6-10)11(15)13-9-3-1-4-9/h9-10H,1-6,8H2,(H,13,15). The Hall–Kier alpha value is -1.24. The molecule has 0 aromatic carbocycles. The van der Waals surface area contributed by atoms with Gasteiger partial charge >= 0.3 is 6.03 Å². The minimum atomic E-state index is 0.0393. The average molecular weight is 207 g/mol. The van der Waals surface area contributed by atoms with E-state index in [1.54, 1.807) is 0 Å². The third kappa shape index (κ3) is 2.62. The number of rotatable bonds is 4. The molecule has 0 atom stereocenters. The first kappa shape index (κ1) is 10.3. The second kappa shape index (κ2) is 4.52. The fraction of sp³-hybridized carbons (Fsp3) is 0.818. The van der Waals surface area contributed by atoms with E-state index < -0.39 is 0 Å². The van der Waals surface area contributed by atoms with E-state index in [9.17, 15) is 4.79 Å². The van der Waals surface area contributed by atoms with Gasteiger partial charge in [0.05, 0.1) is 12.5 Å². The average Bonchev–Trinajstić information content (AvgIpc) is 2.96. The van der Waals surface area contributed by atoms with Crippen LogP contribution < -0.4 is 5.32 Å². The molecular formula is C11H17N3O. The zero-order valence-electron chi connectivity index (χ0n) is 8.91. The number of carbonyl (C=O) groups excluding carboxylic acids is 1. The highest BCUT2D eigenvalue weighted by Gasteiger charge is 2.33. The van der Waals surface area contributed by atoms with E-state index >= 15 is 0 Å². The molecule has 15 heavy (non-hydrogen) atoms. The molecule has 4 heteroatoms. The highest BCUT2D eigenvalue weighted by atomic mass is 16.2. The van der Waals surface area contributed by atoms with Crippen molar-refractivity contribution in [3.63, 3.8) is 0 Å². The molecule has 0 radical (unpaired) electrons.